The molecule has 1 aromatic carbocycles. The van der Waals surface area contributed by atoms with E-state index in [-0.39, 0.29) is 48.7 Å². The molecule has 208 valence electrons. The molecule has 4 rings (SSSR count). The lowest BCUT2D eigenvalue weighted by atomic mass is 9.66. The lowest BCUT2D eigenvalue weighted by Crippen LogP contribution is -2.57. The van der Waals surface area contributed by atoms with Crippen molar-refractivity contribution in [1.29, 1.82) is 0 Å². The Bertz CT molecular complexity index is 1050. The SMILES string of the molecule is C=CCN(C(=O)C1N(CCCO)C(=O)[C@@H]2[C@@H](C(=O)OCC)[C@H]3CC(C)C12S3)c1ccc(N(CC)CC)cc1. The lowest BCUT2D eigenvalue weighted by Gasteiger charge is -2.40. The Kier molecular flexibility index (Phi) is 8.77. The molecule has 0 radical (unpaired) electrons. The number of hydrogen-bond donors (Lipinski definition) is 1. The maximum Gasteiger partial charge on any atom is 0.310 e. The van der Waals surface area contributed by atoms with Crippen molar-refractivity contribution in [3.8, 4) is 0 Å². The first-order valence-electron chi connectivity index (χ1n) is 13.8. The van der Waals surface area contributed by atoms with Crippen LogP contribution < -0.4 is 9.80 Å². The predicted octanol–water partition coefficient (Wildman–Crippen LogP) is 3.33. The number of likely N-dealkylation sites (tertiary alicyclic amines) is 1. The Morgan fingerprint density at radius 3 is 2.45 bits per heavy atom. The molecule has 3 aliphatic heterocycles. The monoisotopic (exact) mass is 543 g/mol. The number of hydrogen-bond acceptors (Lipinski definition) is 7. The molecule has 2 amide bonds. The molecule has 9 heteroatoms. The van der Waals surface area contributed by atoms with Gasteiger partial charge in [-0.15, -0.1) is 18.3 Å². The van der Waals surface area contributed by atoms with Gasteiger partial charge in [0.1, 0.15) is 6.04 Å². The number of esters is 1. The minimum Gasteiger partial charge on any atom is -0.466 e. The summed E-state index contributed by atoms with van der Waals surface area (Å²) in [6.07, 6.45) is 2.82. The van der Waals surface area contributed by atoms with Crippen LogP contribution in [-0.4, -0.2) is 83.2 Å². The van der Waals surface area contributed by atoms with E-state index >= 15 is 0 Å². The van der Waals surface area contributed by atoms with Gasteiger partial charge in [0.25, 0.3) is 5.91 Å². The van der Waals surface area contributed by atoms with Crippen LogP contribution >= 0.6 is 11.8 Å². The van der Waals surface area contributed by atoms with Crippen molar-refractivity contribution in [2.45, 2.75) is 56.6 Å². The van der Waals surface area contributed by atoms with Crippen molar-refractivity contribution in [3.05, 3.63) is 36.9 Å². The van der Waals surface area contributed by atoms with Gasteiger partial charge in [-0.3, -0.25) is 14.4 Å². The molecule has 3 heterocycles. The number of amides is 2. The number of fused-ring (bicyclic) bond motifs is 1. The second-order valence-electron chi connectivity index (χ2n) is 10.3. The van der Waals surface area contributed by atoms with Gasteiger partial charge < -0.3 is 24.5 Å². The van der Waals surface area contributed by atoms with Crippen molar-refractivity contribution in [1.82, 2.24) is 4.90 Å². The number of anilines is 2. The molecule has 1 aromatic rings. The van der Waals surface area contributed by atoms with Crippen LogP contribution in [0.2, 0.25) is 0 Å². The smallest absolute Gasteiger partial charge is 0.310 e. The maximum absolute atomic E-state index is 14.5. The Morgan fingerprint density at radius 1 is 1.21 bits per heavy atom. The molecule has 1 N–H and O–H groups in total. The van der Waals surface area contributed by atoms with Crippen LogP contribution in [0.5, 0.6) is 0 Å². The number of nitrogens with zero attached hydrogens (tertiary/aromatic N) is 3. The molecular weight excluding hydrogens is 502 g/mol. The van der Waals surface area contributed by atoms with Gasteiger partial charge in [-0.1, -0.05) is 13.0 Å². The topological polar surface area (TPSA) is 90.4 Å². The molecule has 0 aromatic heterocycles. The van der Waals surface area contributed by atoms with Gasteiger partial charge in [0.15, 0.2) is 0 Å². The summed E-state index contributed by atoms with van der Waals surface area (Å²) in [5.41, 5.74) is 1.83. The summed E-state index contributed by atoms with van der Waals surface area (Å²) in [6, 6.07) is 7.20. The minimum atomic E-state index is -0.738. The normalized spacial score (nSPS) is 29.3. The average molecular weight is 544 g/mol. The Morgan fingerprint density at radius 2 is 1.87 bits per heavy atom. The fourth-order valence-electron chi connectivity index (χ4n) is 6.82. The number of rotatable bonds is 12. The molecule has 0 aliphatic carbocycles. The minimum absolute atomic E-state index is 0.0468. The second-order valence-corrected chi connectivity index (χ2v) is 11.9. The zero-order valence-corrected chi connectivity index (χ0v) is 23.8. The third kappa shape index (κ3) is 4.51. The number of carbonyl (C=O) groups is 3. The Hall–Kier alpha value is -2.52. The van der Waals surface area contributed by atoms with Gasteiger partial charge in [-0.25, -0.2) is 0 Å². The maximum atomic E-state index is 14.5. The van der Waals surface area contributed by atoms with Crippen LogP contribution in [0.25, 0.3) is 0 Å². The first-order valence-corrected chi connectivity index (χ1v) is 14.7. The number of ether oxygens (including phenoxy) is 1. The predicted molar refractivity (Wildman–Crippen MR) is 151 cm³/mol. The third-order valence-electron chi connectivity index (χ3n) is 8.46. The summed E-state index contributed by atoms with van der Waals surface area (Å²) in [5.74, 6) is -1.78. The van der Waals surface area contributed by atoms with Crippen LogP contribution in [0, 0.1) is 17.8 Å². The number of aliphatic hydroxyl groups is 1. The molecule has 3 saturated heterocycles. The van der Waals surface area contributed by atoms with Crippen molar-refractivity contribution < 1.29 is 24.2 Å². The van der Waals surface area contributed by atoms with E-state index in [1.165, 1.54) is 0 Å². The zero-order chi connectivity index (χ0) is 27.6. The number of thioether (sulfide) groups is 1. The van der Waals surface area contributed by atoms with Gasteiger partial charge in [-0.2, -0.15) is 0 Å². The van der Waals surface area contributed by atoms with E-state index < -0.39 is 22.6 Å². The largest absolute Gasteiger partial charge is 0.466 e. The average Bonchev–Trinajstić information content (AvgIpc) is 3.50. The summed E-state index contributed by atoms with van der Waals surface area (Å²) in [7, 11) is 0. The lowest BCUT2D eigenvalue weighted by molar-refractivity contribution is -0.154. The van der Waals surface area contributed by atoms with Crippen molar-refractivity contribution in [2.75, 3.05) is 49.2 Å². The Labute approximate surface area is 230 Å². The van der Waals surface area contributed by atoms with Gasteiger partial charge in [-0.05, 0) is 63.8 Å². The molecule has 0 saturated carbocycles. The van der Waals surface area contributed by atoms with Crippen LogP contribution in [0.15, 0.2) is 36.9 Å². The zero-order valence-electron chi connectivity index (χ0n) is 23.0. The molecule has 8 nitrogen and oxygen atoms in total. The van der Waals surface area contributed by atoms with E-state index in [1.807, 2.05) is 24.3 Å². The fourth-order valence-corrected chi connectivity index (χ4v) is 9.22. The highest BCUT2D eigenvalue weighted by Gasteiger charge is 2.76. The number of carbonyl (C=O) groups excluding carboxylic acids is 3. The second kappa shape index (κ2) is 11.7. The van der Waals surface area contributed by atoms with E-state index in [2.05, 4.69) is 32.3 Å². The van der Waals surface area contributed by atoms with Crippen LogP contribution in [-0.2, 0) is 19.1 Å². The van der Waals surface area contributed by atoms with Crippen LogP contribution in [0.3, 0.4) is 0 Å². The molecule has 2 bridgehead atoms. The number of aliphatic hydroxyl groups excluding tert-OH is 1. The number of benzene rings is 1. The molecule has 38 heavy (non-hydrogen) atoms. The van der Waals surface area contributed by atoms with E-state index in [4.69, 9.17) is 4.74 Å². The summed E-state index contributed by atoms with van der Waals surface area (Å²) in [6.45, 7) is 14.5. The highest BCUT2D eigenvalue weighted by atomic mass is 32.2. The van der Waals surface area contributed by atoms with Gasteiger partial charge in [0.05, 0.1) is 23.2 Å². The summed E-state index contributed by atoms with van der Waals surface area (Å²) < 4.78 is 4.69. The molecular formula is C29H41N3O5S. The summed E-state index contributed by atoms with van der Waals surface area (Å²) >= 11 is 1.63. The van der Waals surface area contributed by atoms with E-state index in [0.29, 0.717) is 13.0 Å². The van der Waals surface area contributed by atoms with Crippen LogP contribution in [0.1, 0.15) is 40.5 Å². The highest BCUT2D eigenvalue weighted by molar-refractivity contribution is 8.02. The van der Waals surface area contributed by atoms with Gasteiger partial charge in [0, 0.05) is 49.4 Å². The summed E-state index contributed by atoms with van der Waals surface area (Å²) in [4.78, 5) is 47.2. The van der Waals surface area contributed by atoms with E-state index in [9.17, 15) is 19.5 Å². The van der Waals surface area contributed by atoms with Gasteiger partial charge >= 0.3 is 5.97 Å². The molecule has 1 spiro atoms. The van der Waals surface area contributed by atoms with Crippen molar-refractivity contribution in [3.63, 3.8) is 0 Å². The van der Waals surface area contributed by atoms with E-state index in [1.54, 1.807) is 34.6 Å². The first-order chi connectivity index (χ1) is 18.3. The quantitative estimate of drug-likeness (QED) is 0.319. The standard InChI is InChI=1S/C29H41N3O5S/c1-6-15-31(21-13-11-20(12-14-21)30(7-2)8-3)27(35)25-29-19(5)18-22(38-29)23(28(36)37-9-4)24(29)26(34)32(25)16-10-17-33/h6,11-14,19,22-25,33H,1,7-10,15-18H2,2-5H3/t19?,22-,23+,24+,25?,29?/m1/s1. The first kappa shape index (κ1) is 28.5. The molecule has 3 unspecified atom stereocenters. The van der Waals surface area contributed by atoms with E-state index in [0.717, 1.165) is 30.9 Å². The fraction of sp³-hybridized carbons (Fsp3) is 0.621. The molecule has 3 aliphatic rings. The Balaban J connectivity index is 1.75. The summed E-state index contributed by atoms with van der Waals surface area (Å²) in [5, 5.41) is 9.54. The van der Waals surface area contributed by atoms with Crippen LogP contribution in [0.4, 0.5) is 11.4 Å². The third-order valence-corrected chi connectivity index (χ3v) is 10.5. The van der Waals surface area contributed by atoms with Crippen molar-refractivity contribution >= 4 is 40.9 Å². The molecule has 6 atom stereocenters. The highest BCUT2D eigenvalue weighted by Crippen LogP contribution is 2.68. The van der Waals surface area contributed by atoms with Gasteiger partial charge in [0.2, 0.25) is 5.91 Å². The molecule has 3 fully saturated rings. The van der Waals surface area contributed by atoms with Crippen molar-refractivity contribution in [2.24, 2.45) is 17.8 Å².